The molecule has 7 nitrogen and oxygen atoms in total. The number of guanidine groups is 1. The van der Waals surface area contributed by atoms with Crippen molar-refractivity contribution in [3.63, 3.8) is 0 Å². The van der Waals surface area contributed by atoms with Crippen LogP contribution in [-0.2, 0) is 6.42 Å². The highest BCUT2D eigenvalue weighted by Crippen LogP contribution is 2.28. The van der Waals surface area contributed by atoms with Gasteiger partial charge in [-0.15, -0.1) is 24.0 Å². The highest BCUT2D eigenvalue weighted by atomic mass is 127. The summed E-state index contributed by atoms with van der Waals surface area (Å²) in [6, 6.07) is 9.81. The molecule has 1 aromatic heterocycles. The number of halogens is 1. The molecule has 1 aromatic carbocycles. The first-order valence-electron chi connectivity index (χ1n) is 9.54. The summed E-state index contributed by atoms with van der Waals surface area (Å²) in [5.74, 6) is 3.08. The van der Waals surface area contributed by atoms with Crippen LogP contribution in [0.4, 0.5) is 0 Å². The van der Waals surface area contributed by atoms with Gasteiger partial charge in [-0.05, 0) is 49.6 Å². The Hall–Kier alpha value is -2.23. The Bertz CT molecular complexity index is 729. The van der Waals surface area contributed by atoms with Gasteiger partial charge in [-0.25, -0.2) is 0 Å². The molecule has 0 bridgehead atoms. The number of nitrogens with one attached hydrogen (secondary N) is 2. The standard InChI is InChI=1S/C21H30N4O3.HI/c1-4-27-20-15-17(9-10-19(20)26-3)7-5-12-24-21(22-2)25-13-14-28-18-8-6-11-23-16-18;/h6,8-11,15-16H,4-5,7,12-14H2,1-3H3,(H2,22,24,25);1H. The lowest BCUT2D eigenvalue weighted by Crippen LogP contribution is -2.39. The molecule has 0 aliphatic carbocycles. The van der Waals surface area contributed by atoms with E-state index >= 15 is 0 Å². The monoisotopic (exact) mass is 514 g/mol. The van der Waals surface area contributed by atoms with Gasteiger partial charge in [0.2, 0.25) is 0 Å². The number of benzene rings is 1. The molecule has 0 spiro atoms. The predicted octanol–water partition coefficient (Wildman–Crippen LogP) is 3.28. The van der Waals surface area contributed by atoms with Gasteiger partial charge in [-0.1, -0.05) is 6.07 Å². The van der Waals surface area contributed by atoms with Crippen molar-refractivity contribution in [3.05, 3.63) is 48.3 Å². The zero-order valence-corrected chi connectivity index (χ0v) is 19.6. The van der Waals surface area contributed by atoms with Crippen molar-refractivity contribution in [1.82, 2.24) is 15.6 Å². The van der Waals surface area contributed by atoms with Crippen molar-refractivity contribution in [2.24, 2.45) is 4.99 Å². The average Bonchev–Trinajstić information content (AvgIpc) is 2.74. The van der Waals surface area contributed by atoms with Crippen molar-refractivity contribution in [1.29, 1.82) is 0 Å². The van der Waals surface area contributed by atoms with E-state index in [0.717, 1.165) is 42.6 Å². The second-order valence-corrected chi connectivity index (χ2v) is 5.98. The number of hydrogen-bond donors (Lipinski definition) is 2. The van der Waals surface area contributed by atoms with Gasteiger partial charge >= 0.3 is 0 Å². The van der Waals surface area contributed by atoms with E-state index in [4.69, 9.17) is 14.2 Å². The van der Waals surface area contributed by atoms with Gasteiger partial charge in [0, 0.05) is 19.8 Å². The third-order valence-corrected chi connectivity index (χ3v) is 3.98. The minimum absolute atomic E-state index is 0. The maximum absolute atomic E-state index is 5.63. The minimum Gasteiger partial charge on any atom is -0.493 e. The number of aliphatic imine (C=N–C) groups is 1. The zero-order chi connectivity index (χ0) is 20.0. The summed E-state index contributed by atoms with van der Waals surface area (Å²) in [5, 5.41) is 6.55. The van der Waals surface area contributed by atoms with Gasteiger partial charge < -0.3 is 24.8 Å². The summed E-state index contributed by atoms with van der Waals surface area (Å²) in [4.78, 5) is 8.25. The number of nitrogens with zero attached hydrogens (tertiary/aromatic N) is 2. The Morgan fingerprint density at radius 3 is 2.62 bits per heavy atom. The summed E-state index contributed by atoms with van der Waals surface area (Å²) in [6.45, 7) is 4.60. The normalized spacial score (nSPS) is 10.7. The number of methoxy groups -OCH3 is 1. The first-order chi connectivity index (χ1) is 13.8. The van der Waals surface area contributed by atoms with E-state index in [-0.39, 0.29) is 24.0 Å². The van der Waals surface area contributed by atoms with E-state index in [0.29, 0.717) is 19.8 Å². The minimum atomic E-state index is 0. The molecule has 0 saturated heterocycles. The third-order valence-electron chi connectivity index (χ3n) is 3.98. The molecule has 2 rings (SSSR count). The van der Waals surface area contributed by atoms with Crippen LogP contribution in [0.15, 0.2) is 47.7 Å². The van der Waals surface area contributed by atoms with Crippen molar-refractivity contribution < 1.29 is 14.2 Å². The second kappa shape index (κ2) is 14.7. The second-order valence-electron chi connectivity index (χ2n) is 5.98. The number of rotatable bonds is 11. The molecule has 8 heteroatoms. The predicted molar refractivity (Wildman–Crippen MR) is 127 cm³/mol. The Morgan fingerprint density at radius 1 is 1.10 bits per heavy atom. The molecular formula is C21H31IN4O3. The van der Waals surface area contributed by atoms with Crippen LogP contribution in [0.3, 0.4) is 0 Å². The van der Waals surface area contributed by atoms with Crippen LogP contribution < -0.4 is 24.8 Å². The van der Waals surface area contributed by atoms with Crippen LogP contribution in [-0.4, -0.2) is 51.4 Å². The van der Waals surface area contributed by atoms with Crippen LogP contribution in [0.2, 0.25) is 0 Å². The lowest BCUT2D eigenvalue weighted by Gasteiger charge is -2.13. The van der Waals surface area contributed by atoms with Crippen LogP contribution >= 0.6 is 24.0 Å². The number of ether oxygens (including phenoxy) is 3. The summed E-state index contributed by atoms with van der Waals surface area (Å²) in [5.41, 5.74) is 1.22. The molecule has 2 aromatic rings. The lowest BCUT2D eigenvalue weighted by atomic mass is 10.1. The van der Waals surface area contributed by atoms with Crippen molar-refractivity contribution in [3.8, 4) is 17.2 Å². The molecule has 1 heterocycles. The maximum atomic E-state index is 5.63. The van der Waals surface area contributed by atoms with E-state index in [2.05, 4.69) is 26.7 Å². The molecule has 0 aliphatic rings. The number of aryl methyl sites for hydroxylation is 1. The topological polar surface area (TPSA) is 77.0 Å². The molecule has 0 atom stereocenters. The Kier molecular flexibility index (Phi) is 12.6. The molecule has 0 amide bonds. The van der Waals surface area contributed by atoms with Gasteiger partial charge in [0.25, 0.3) is 0 Å². The van der Waals surface area contributed by atoms with Crippen molar-refractivity contribution >= 4 is 29.9 Å². The Morgan fingerprint density at radius 2 is 1.93 bits per heavy atom. The smallest absolute Gasteiger partial charge is 0.191 e. The zero-order valence-electron chi connectivity index (χ0n) is 17.3. The van der Waals surface area contributed by atoms with Crippen molar-refractivity contribution in [2.75, 3.05) is 40.5 Å². The van der Waals surface area contributed by atoms with Crippen molar-refractivity contribution in [2.45, 2.75) is 19.8 Å². The van der Waals surface area contributed by atoms with E-state index < -0.39 is 0 Å². The van der Waals surface area contributed by atoms with Gasteiger partial charge in [0.15, 0.2) is 17.5 Å². The fourth-order valence-electron chi connectivity index (χ4n) is 2.64. The average molecular weight is 514 g/mol. The fourth-order valence-corrected chi connectivity index (χ4v) is 2.64. The van der Waals surface area contributed by atoms with Gasteiger partial charge in [0.1, 0.15) is 12.4 Å². The molecule has 0 saturated carbocycles. The molecule has 0 aliphatic heterocycles. The largest absolute Gasteiger partial charge is 0.493 e. The van der Waals surface area contributed by atoms with Crippen LogP contribution in [0.5, 0.6) is 17.2 Å². The van der Waals surface area contributed by atoms with E-state index in [1.807, 2.05) is 31.2 Å². The quantitative estimate of drug-likeness (QED) is 0.208. The first-order valence-corrected chi connectivity index (χ1v) is 9.54. The van der Waals surface area contributed by atoms with Crippen LogP contribution in [0, 0.1) is 0 Å². The van der Waals surface area contributed by atoms with Crippen LogP contribution in [0.25, 0.3) is 0 Å². The molecule has 0 unspecified atom stereocenters. The Balaban J connectivity index is 0.00000420. The summed E-state index contributed by atoms with van der Waals surface area (Å²) in [6.07, 6.45) is 5.34. The van der Waals surface area contributed by atoms with E-state index in [1.165, 1.54) is 5.56 Å². The number of hydrogen-bond acceptors (Lipinski definition) is 5. The van der Waals surface area contributed by atoms with E-state index in [9.17, 15) is 0 Å². The molecule has 160 valence electrons. The van der Waals surface area contributed by atoms with Gasteiger partial charge in [-0.2, -0.15) is 0 Å². The highest BCUT2D eigenvalue weighted by molar-refractivity contribution is 14.0. The van der Waals surface area contributed by atoms with Gasteiger partial charge in [0.05, 0.1) is 26.5 Å². The molecule has 2 N–H and O–H groups in total. The number of pyridine rings is 1. The van der Waals surface area contributed by atoms with Gasteiger partial charge in [-0.3, -0.25) is 9.98 Å². The lowest BCUT2D eigenvalue weighted by molar-refractivity contribution is 0.310. The van der Waals surface area contributed by atoms with Crippen LogP contribution in [0.1, 0.15) is 18.9 Å². The highest BCUT2D eigenvalue weighted by Gasteiger charge is 2.05. The fraction of sp³-hybridized carbons (Fsp3) is 0.429. The maximum Gasteiger partial charge on any atom is 0.191 e. The first kappa shape index (κ1) is 24.8. The third kappa shape index (κ3) is 9.21. The summed E-state index contributed by atoms with van der Waals surface area (Å²) in [7, 11) is 3.41. The summed E-state index contributed by atoms with van der Waals surface area (Å²) >= 11 is 0. The molecule has 0 fully saturated rings. The molecule has 29 heavy (non-hydrogen) atoms. The van der Waals surface area contributed by atoms with E-state index in [1.54, 1.807) is 26.6 Å². The SMILES string of the molecule is CCOc1cc(CCCNC(=NC)NCCOc2cccnc2)ccc1OC.I. The molecular weight excluding hydrogens is 483 g/mol. The Labute approximate surface area is 190 Å². The summed E-state index contributed by atoms with van der Waals surface area (Å²) < 4.78 is 16.6. The molecule has 0 radical (unpaired) electrons. The number of aromatic nitrogens is 1.